The number of carbonyl (C=O) groups is 2. The van der Waals surface area contributed by atoms with E-state index in [0.29, 0.717) is 19.1 Å². The molecule has 1 unspecified atom stereocenters. The number of hydrogen-bond donors (Lipinski definition) is 2. The molecule has 2 N–H and O–H groups in total. The highest BCUT2D eigenvalue weighted by atomic mass is 16.5. The van der Waals surface area contributed by atoms with Gasteiger partial charge in [-0.1, -0.05) is 45.9 Å². The van der Waals surface area contributed by atoms with Crippen LogP contribution in [-0.2, 0) is 16.1 Å². The van der Waals surface area contributed by atoms with Crippen LogP contribution in [0.5, 0.6) is 5.75 Å². The van der Waals surface area contributed by atoms with Gasteiger partial charge in [-0.2, -0.15) is 0 Å². The summed E-state index contributed by atoms with van der Waals surface area (Å²) in [6.45, 7) is 9.00. The Morgan fingerprint density at radius 3 is 2.40 bits per heavy atom. The van der Waals surface area contributed by atoms with Crippen molar-refractivity contribution >= 4 is 12.0 Å². The topological polar surface area (TPSA) is 76.7 Å². The minimum absolute atomic E-state index is 0.0587. The second-order valence-corrected chi connectivity index (χ2v) is 6.71. The van der Waals surface area contributed by atoms with Gasteiger partial charge in [-0.3, -0.25) is 4.79 Å². The van der Waals surface area contributed by atoms with Crippen molar-refractivity contribution in [3.05, 3.63) is 29.8 Å². The molecule has 25 heavy (non-hydrogen) atoms. The number of rotatable bonds is 9. The average molecular weight is 350 g/mol. The van der Waals surface area contributed by atoms with Crippen LogP contribution in [0, 0.1) is 11.8 Å². The lowest BCUT2D eigenvalue weighted by molar-refractivity contribution is -0.124. The van der Waals surface area contributed by atoms with Gasteiger partial charge < -0.3 is 20.1 Å². The SMILES string of the molecule is COC(=O)NC(C(=O)NCc1ccccc1OCCC(C)C)C(C)C. The fraction of sp³-hybridized carbons (Fsp3) is 0.579. The van der Waals surface area contributed by atoms with Crippen molar-refractivity contribution in [3.63, 3.8) is 0 Å². The first-order valence-corrected chi connectivity index (χ1v) is 8.68. The Balaban J connectivity index is 2.66. The standard InChI is InChI=1S/C19H30N2O4/c1-13(2)10-11-25-16-9-7-6-8-15(16)12-20-18(22)17(14(3)4)21-19(23)24-5/h6-9,13-14,17H,10-12H2,1-5H3,(H,20,22)(H,21,23). The number of para-hydroxylation sites is 1. The third-order valence-electron chi connectivity index (χ3n) is 3.79. The summed E-state index contributed by atoms with van der Waals surface area (Å²) < 4.78 is 10.4. The largest absolute Gasteiger partial charge is 0.493 e. The predicted molar refractivity (Wildman–Crippen MR) is 97.4 cm³/mol. The van der Waals surface area contributed by atoms with Crippen molar-refractivity contribution in [2.24, 2.45) is 11.8 Å². The summed E-state index contributed by atoms with van der Waals surface area (Å²) in [5.74, 6) is 1.03. The maximum atomic E-state index is 12.4. The summed E-state index contributed by atoms with van der Waals surface area (Å²) in [6.07, 6.45) is 0.352. The lowest BCUT2D eigenvalue weighted by Gasteiger charge is -2.21. The number of carbonyl (C=O) groups excluding carboxylic acids is 2. The maximum absolute atomic E-state index is 12.4. The highest BCUT2D eigenvalue weighted by Crippen LogP contribution is 2.18. The second kappa shape index (κ2) is 10.6. The number of hydrogen-bond acceptors (Lipinski definition) is 4. The highest BCUT2D eigenvalue weighted by Gasteiger charge is 2.24. The molecular weight excluding hydrogens is 320 g/mol. The summed E-state index contributed by atoms with van der Waals surface area (Å²) >= 11 is 0. The summed E-state index contributed by atoms with van der Waals surface area (Å²) in [5, 5.41) is 5.42. The number of alkyl carbamates (subject to hydrolysis) is 1. The predicted octanol–water partition coefficient (Wildman–Crippen LogP) is 3.11. The Kier molecular flexibility index (Phi) is 8.81. The van der Waals surface area contributed by atoms with Crippen LogP contribution in [-0.4, -0.2) is 31.8 Å². The lowest BCUT2D eigenvalue weighted by atomic mass is 10.0. The molecule has 1 aromatic carbocycles. The Hall–Kier alpha value is -2.24. The number of benzene rings is 1. The zero-order valence-corrected chi connectivity index (χ0v) is 15.8. The van der Waals surface area contributed by atoms with E-state index in [2.05, 4.69) is 29.2 Å². The number of nitrogens with one attached hydrogen (secondary N) is 2. The second-order valence-electron chi connectivity index (χ2n) is 6.71. The molecular formula is C19H30N2O4. The van der Waals surface area contributed by atoms with E-state index in [1.807, 2.05) is 38.1 Å². The van der Waals surface area contributed by atoms with E-state index in [0.717, 1.165) is 17.7 Å². The third kappa shape index (κ3) is 7.45. The molecule has 0 fully saturated rings. The summed E-state index contributed by atoms with van der Waals surface area (Å²) in [4.78, 5) is 23.8. The average Bonchev–Trinajstić information content (AvgIpc) is 2.57. The van der Waals surface area contributed by atoms with Crippen LogP contribution in [0.2, 0.25) is 0 Å². The van der Waals surface area contributed by atoms with Gasteiger partial charge in [0.1, 0.15) is 11.8 Å². The van der Waals surface area contributed by atoms with Crippen LogP contribution in [0.4, 0.5) is 4.79 Å². The van der Waals surface area contributed by atoms with E-state index in [-0.39, 0.29) is 11.8 Å². The zero-order chi connectivity index (χ0) is 18.8. The molecule has 1 rings (SSSR count). The fourth-order valence-electron chi connectivity index (χ4n) is 2.21. The van der Waals surface area contributed by atoms with Gasteiger partial charge in [0.25, 0.3) is 0 Å². The van der Waals surface area contributed by atoms with Gasteiger partial charge in [0, 0.05) is 12.1 Å². The van der Waals surface area contributed by atoms with E-state index in [1.54, 1.807) is 0 Å². The fourth-order valence-corrected chi connectivity index (χ4v) is 2.21. The highest BCUT2D eigenvalue weighted by molar-refractivity contribution is 5.85. The summed E-state index contributed by atoms with van der Waals surface area (Å²) in [5.41, 5.74) is 0.903. The first kappa shape index (κ1) is 20.8. The quantitative estimate of drug-likeness (QED) is 0.717. The van der Waals surface area contributed by atoms with Gasteiger partial charge in [0.2, 0.25) is 5.91 Å². The molecule has 140 valence electrons. The van der Waals surface area contributed by atoms with Gasteiger partial charge in [0.15, 0.2) is 0 Å². The van der Waals surface area contributed by atoms with Gasteiger partial charge in [0.05, 0.1) is 13.7 Å². The minimum atomic E-state index is -0.651. The van der Waals surface area contributed by atoms with E-state index in [9.17, 15) is 9.59 Å². The molecule has 0 aliphatic carbocycles. The van der Waals surface area contributed by atoms with Gasteiger partial charge >= 0.3 is 6.09 Å². The smallest absolute Gasteiger partial charge is 0.407 e. The third-order valence-corrected chi connectivity index (χ3v) is 3.79. The van der Waals surface area contributed by atoms with Gasteiger partial charge in [-0.25, -0.2) is 4.79 Å². The van der Waals surface area contributed by atoms with Crippen molar-refractivity contribution in [1.29, 1.82) is 0 Å². The molecule has 2 amide bonds. The number of methoxy groups -OCH3 is 1. The summed E-state index contributed by atoms with van der Waals surface area (Å²) in [6, 6.07) is 6.98. The minimum Gasteiger partial charge on any atom is -0.493 e. The van der Waals surface area contributed by atoms with Crippen LogP contribution in [0.1, 0.15) is 39.7 Å². The Labute approximate surface area is 150 Å². The molecule has 1 aromatic rings. The van der Waals surface area contributed by atoms with Crippen molar-refractivity contribution in [2.75, 3.05) is 13.7 Å². The molecule has 6 heteroatoms. The van der Waals surface area contributed by atoms with E-state index >= 15 is 0 Å². The van der Waals surface area contributed by atoms with Crippen molar-refractivity contribution < 1.29 is 19.1 Å². The number of amides is 2. The van der Waals surface area contributed by atoms with Crippen molar-refractivity contribution in [3.8, 4) is 5.75 Å². The van der Waals surface area contributed by atoms with Crippen LogP contribution < -0.4 is 15.4 Å². The molecule has 0 aromatic heterocycles. The Bertz CT molecular complexity index is 558. The number of ether oxygens (including phenoxy) is 2. The van der Waals surface area contributed by atoms with Crippen LogP contribution >= 0.6 is 0 Å². The first-order chi connectivity index (χ1) is 11.8. The molecule has 0 spiro atoms. The molecule has 0 radical (unpaired) electrons. The molecule has 0 heterocycles. The molecule has 6 nitrogen and oxygen atoms in total. The molecule has 0 saturated carbocycles. The van der Waals surface area contributed by atoms with Crippen molar-refractivity contribution in [1.82, 2.24) is 10.6 Å². The van der Waals surface area contributed by atoms with Crippen LogP contribution in [0.15, 0.2) is 24.3 Å². The van der Waals surface area contributed by atoms with Crippen LogP contribution in [0.25, 0.3) is 0 Å². The first-order valence-electron chi connectivity index (χ1n) is 8.68. The monoisotopic (exact) mass is 350 g/mol. The molecule has 0 bridgehead atoms. The molecule has 0 saturated heterocycles. The van der Waals surface area contributed by atoms with E-state index < -0.39 is 12.1 Å². The Morgan fingerprint density at radius 1 is 1.12 bits per heavy atom. The normalized spacial score (nSPS) is 12.0. The molecule has 1 atom stereocenters. The lowest BCUT2D eigenvalue weighted by Crippen LogP contribution is -2.49. The molecule has 0 aliphatic heterocycles. The summed E-state index contributed by atoms with van der Waals surface area (Å²) in [7, 11) is 1.27. The van der Waals surface area contributed by atoms with Crippen molar-refractivity contribution in [2.45, 2.75) is 46.7 Å². The van der Waals surface area contributed by atoms with Gasteiger partial charge in [-0.05, 0) is 24.3 Å². The maximum Gasteiger partial charge on any atom is 0.407 e. The Morgan fingerprint density at radius 2 is 1.80 bits per heavy atom. The van der Waals surface area contributed by atoms with Gasteiger partial charge in [-0.15, -0.1) is 0 Å². The van der Waals surface area contributed by atoms with Crippen LogP contribution in [0.3, 0.4) is 0 Å². The van der Waals surface area contributed by atoms with E-state index in [4.69, 9.17) is 4.74 Å². The zero-order valence-electron chi connectivity index (χ0n) is 15.8. The molecule has 0 aliphatic rings. The van der Waals surface area contributed by atoms with E-state index in [1.165, 1.54) is 7.11 Å².